The number of anilines is 1. The van der Waals surface area contributed by atoms with Gasteiger partial charge in [-0.15, -0.1) is 0 Å². The van der Waals surface area contributed by atoms with E-state index >= 15 is 0 Å². The minimum atomic E-state index is -0.438. The van der Waals surface area contributed by atoms with E-state index in [4.69, 9.17) is 21.1 Å². The Morgan fingerprint density at radius 1 is 1.06 bits per heavy atom. The van der Waals surface area contributed by atoms with Crippen LogP contribution < -0.4 is 20.2 Å². The molecule has 0 aliphatic rings. The smallest absolute Gasteiger partial charge is 0.339 e. The summed E-state index contributed by atoms with van der Waals surface area (Å²) < 4.78 is 12.4. The topological polar surface area (TPSA) is 72.0 Å². The Balaban J connectivity index is 1.66. The van der Waals surface area contributed by atoms with Crippen molar-refractivity contribution in [2.24, 2.45) is 5.10 Å². The van der Waals surface area contributed by atoms with Crippen LogP contribution in [0.25, 0.3) is 0 Å². The number of carbonyl (C=O) groups is 1. The fourth-order valence-corrected chi connectivity index (χ4v) is 3.16. The Bertz CT molecular complexity index is 1040. The van der Waals surface area contributed by atoms with Crippen LogP contribution in [0.2, 0.25) is 5.02 Å². The predicted molar refractivity (Wildman–Crippen MR) is 127 cm³/mol. The minimum absolute atomic E-state index is 0.373. The number of benzene rings is 3. The number of para-hydroxylation sites is 1. The lowest BCUT2D eigenvalue weighted by Crippen LogP contribution is -2.24. The van der Waals surface area contributed by atoms with Crippen molar-refractivity contribution in [1.29, 1.82) is 0 Å². The van der Waals surface area contributed by atoms with Crippen LogP contribution in [-0.2, 0) is 6.61 Å². The lowest BCUT2D eigenvalue weighted by atomic mass is 10.2. The van der Waals surface area contributed by atoms with E-state index in [9.17, 15) is 4.79 Å². The number of rotatable bonds is 8. The average Bonchev–Trinajstić information content (AvgIpc) is 2.76. The molecule has 0 spiro atoms. The molecular weight excluding hydrogens is 482 g/mol. The normalized spacial score (nSPS) is 10.7. The van der Waals surface area contributed by atoms with Gasteiger partial charge in [-0.1, -0.05) is 41.9 Å². The molecule has 0 unspecified atom stereocenters. The number of urea groups is 1. The number of nitrogens with one attached hydrogen (secondary N) is 2. The van der Waals surface area contributed by atoms with Crippen LogP contribution in [0.4, 0.5) is 10.5 Å². The summed E-state index contributed by atoms with van der Waals surface area (Å²) in [4.78, 5) is 12.0. The molecular formula is C23H21BrClN3O3. The molecule has 0 bridgehead atoms. The van der Waals surface area contributed by atoms with Crippen molar-refractivity contribution < 1.29 is 14.3 Å². The van der Waals surface area contributed by atoms with E-state index in [0.717, 1.165) is 15.6 Å². The lowest BCUT2D eigenvalue weighted by Gasteiger charge is -2.14. The maximum atomic E-state index is 12.0. The Kier molecular flexibility index (Phi) is 8.32. The van der Waals surface area contributed by atoms with Gasteiger partial charge in [0, 0.05) is 20.7 Å². The maximum Gasteiger partial charge on any atom is 0.339 e. The highest BCUT2D eigenvalue weighted by atomic mass is 79.9. The fraction of sp³-hybridized carbons (Fsp3) is 0.130. The van der Waals surface area contributed by atoms with Gasteiger partial charge in [-0.3, -0.25) is 0 Å². The summed E-state index contributed by atoms with van der Waals surface area (Å²) in [5, 5.41) is 7.37. The summed E-state index contributed by atoms with van der Waals surface area (Å²) in [5.41, 5.74) is 4.83. The summed E-state index contributed by atoms with van der Waals surface area (Å²) in [5.74, 6) is 1.17. The predicted octanol–water partition coefficient (Wildman–Crippen LogP) is 6.24. The lowest BCUT2D eigenvalue weighted by molar-refractivity contribution is 0.252. The van der Waals surface area contributed by atoms with Gasteiger partial charge < -0.3 is 14.8 Å². The van der Waals surface area contributed by atoms with E-state index in [-0.39, 0.29) is 0 Å². The molecule has 2 amide bonds. The van der Waals surface area contributed by atoms with Gasteiger partial charge in [-0.05, 0) is 64.8 Å². The van der Waals surface area contributed by atoms with Gasteiger partial charge in [-0.25, -0.2) is 10.2 Å². The van der Waals surface area contributed by atoms with Crippen molar-refractivity contribution in [3.8, 4) is 11.5 Å². The highest BCUT2D eigenvalue weighted by Gasteiger charge is 2.11. The van der Waals surface area contributed by atoms with Crippen LogP contribution in [0.15, 0.2) is 76.3 Å². The van der Waals surface area contributed by atoms with E-state index in [1.165, 1.54) is 6.21 Å². The molecule has 3 aromatic carbocycles. The molecule has 3 aromatic rings. The number of carbonyl (C=O) groups excluding carboxylic acids is 1. The molecule has 0 radical (unpaired) electrons. The van der Waals surface area contributed by atoms with Crippen molar-refractivity contribution in [1.82, 2.24) is 5.43 Å². The van der Waals surface area contributed by atoms with Gasteiger partial charge in [0.05, 0.1) is 12.8 Å². The summed E-state index contributed by atoms with van der Waals surface area (Å²) in [6.45, 7) is 2.75. The van der Waals surface area contributed by atoms with Gasteiger partial charge in [0.15, 0.2) is 11.5 Å². The van der Waals surface area contributed by atoms with Crippen molar-refractivity contribution in [2.75, 3.05) is 11.9 Å². The molecule has 0 aliphatic carbocycles. The number of hydrogen-bond donors (Lipinski definition) is 2. The number of halogens is 2. The zero-order valence-corrected chi connectivity index (χ0v) is 19.1. The molecule has 31 heavy (non-hydrogen) atoms. The summed E-state index contributed by atoms with van der Waals surface area (Å²) >= 11 is 9.44. The molecule has 160 valence electrons. The molecule has 0 atom stereocenters. The minimum Gasteiger partial charge on any atom is -0.490 e. The molecule has 0 heterocycles. The Morgan fingerprint density at radius 2 is 1.77 bits per heavy atom. The number of hydrazone groups is 1. The van der Waals surface area contributed by atoms with Gasteiger partial charge in [0.1, 0.15) is 6.61 Å². The monoisotopic (exact) mass is 501 g/mol. The van der Waals surface area contributed by atoms with Crippen LogP contribution >= 0.6 is 27.5 Å². The van der Waals surface area contributed by atoms with Crippen LogP contribution in [0, 0.1) is 0 Å². The molecule has 0 aliphatic heterocycles. The van der Waals surface area contributed by atoms with E-state index < -0.39 is 6.03 Å². The number of amides is 2. The largest absolute Gasteiger partial charge is 0.490 e. The molecule has 6 nitrogen and oxygen atoms in total. The van der Waals surface area contributed by atoms with Crippen molar-refractivity contribution in [2.45, 2.75) is 13.5 Å². The van der Waals surface area contributed by atoms with Gasteiger partial charge >= 0.3 is 6.03 Å². The second-order valence-corrected chi connectivity index (χ2v) is 7.65. The number of hydrogen-bond acceptors (Lipinski definition) is 4. The standard InChI is InChI=1S/C23H21BrClN3O3/c1-2-30-21-12-17(14-26-28-23(29)27-19-6-4-3-5-7-19)20(24)13-22(21)31-15-16-8-10-18(25)11-9-16/h3-14H,2,15H2,1H3,(H2,27,28,29)/b26-14-. The third-order valence-corrected chi connectivity index (χ3v) is 5.01. The molecule has 0 fully saturated rings. The molecule has 3 rings (SSSR count). The maximum absolute atomic E-state index is 12.0. The third-order valence-electron chi connectivity index (χ3n) is 4.07. The van der Waals surface area contributed by atoms with E-state index in [1.807, 2.05) is 55.5 Å². The van der Waals surface area contributed by atoms with E-state index in [1.54, 1.807) is 18.2 Å². The molecule has 0 saturated carbocycles. The molecule has 0 saturated heterocycles. The fourth-order valence-electron chi connectivity index (χ4n) is 2.61. The summed E-state index contributed by atoms with van der Waals surface area (Å²) in [6.07, 6.45) is 1.53. The Morgan fingerprint density at radius 3 is 2.48 bits per heavy atom. The Labute approximate surface area is 194 Å². The first-order valence-electron chi connectivity index (χ1n) is 9.54. The van der Waals surface area contributed by atoms with Crippen molar-refractivity contribution in [3.05, 3.63) is 87.4 Å². The quantitative estimate of drug-likeness (QED) is 0.283. The van der Waals surface area contributed by atoms with Crippen LogP contribution in [-0.4, -0.2) is 18.9 Å². The first-order valence-corrected chi connectivity index (χ1v) is 10.7. The van der Waals surface area contributed by atoms with Crippen LogP contribution in [0.5, 0.6) is 11.5 Å². The first-order chi connectivity index (χ1) is 15.0. The summed E-state index contributed by atoms with van der Waals surface area (Å²) in [6, 6.07) is 19.7. The SMILES string of the molecule is CCOc1cc(/C=N\NC(=O)Nc2ccccc2)c(Br)cc1OCc1ccc(Cl)cc1. The zero-order valence-electron chi connectivity index (χ0n) is 16.8. The van der Waals surface area contributed by atoms with Crippen LogP contribution in [0.3, 0.4) is 0 Å². The molecule has 8 heteroatoms. The van der Waals surface area contributed by atoms with Crippen molar-refractivity contribution in [3.63, 3.8) is 0 Å². The van der Waals surface area contributed by atoms with Gasteiger partial charge in [-0.2, -0.15) is 5.10 Å². The van der Waals surface area contributed by atoms with Crippen molar-refractivity contribution >= 4 is 45.5 Å². The number of nitrogens with zero attached hydrogens (tertiary/aromatic N) is 1. The zero-order chi connectivity index (χ0) is 22.1. The third kappa shape index (κ3) is 7.01. The average molecular weight is 503 g/mol. The van der Waals surface area contributed by atoms with Gasteiger partial charge in [0.25, 0.3) is 0 Å². The van der Waals surface area contributed by atoms with Gasteiger partial charge in [0.2, 0.25) is 0 Å². The molecule has 0 aromatic heterocycles. The van der Waals surface area contributed by atoms with E-state index in [2.05, 4.69) is 31.8 Å². The van der Waals surface area contributed by atoms with Crippen LogP contribution in [0.1, 0.15) is 18.1 Å². The Hall–Kier alpha value is -3.03. The van der Waals surface area contributed by atoms with E-state index in [0.29, 0.717) is 35.4 Å². The number of ether oxygens (including phenoxy) is 2. The second kappa shape index (κ2) is 11.4. The molecule has 2 N–H and O–H groups in total. The highest BCUT2D eigenvalue weighted by molar-refractivity contribution is 9.10. The highest BCUT2D eigenvalue weighted by Crippen LogP contribution is 2.34. The first kappa shape index (κ1) is 22.7. The summed E-state index contributed by atoms with van der Waals surface area (Å²) in [7, 11) is 0. The second-order valence-electron chi connectivity index (χ2n) is 6.36.